The highest BCUT2D eigenvalue weighted by Gasteiger charge is 2.62. The lowest BCUT2D eigenvalue weighted by atomic mass is 9.85. The van der Waals surface area contributed by atoms with Crippen molar-refractivity contribution in [3.05, 3.63) is 108 Å². The maximum Gasteiger partial charge on any atom is 0.203 e. The van der Waals surface area contributed by atoms with Crippen molar-refractivity contribution in [3.8, 4) is 0 Å². The molecule has 3 aromatic rings. The van der Waals surface area contributed by atoms with Gasteiger partial charge in [0.05, 0.1) is 32.0 Å². The van der Waals surface area contributed by atoms with Gasteiger partial charge in [-0.05, 0) is 37.0 Å². The summed E-state index contributed by atoms with van der Waals surface area (Å²) in [6.07, 6.45) is 67.0. The van der Waals surface area contributed by atoms with E-state index >= 15 is 0 Å². The van der Waals surface area contributed by atoms with Gasteiger partial charge in [-0.2, -0.15) is 0 Å². The van der Waals surface area contributed by atoms with Crippen LogP contribution in [0.25, 0.3) is 0 Å². The molecular formula is C82H136O7. The van der Waals surface area contributed by atoms with E-state index in [1.165, 1.54) is 295 Å². The lowest BCUT2D eigenvalue weighted by Crippen LogP contribution is -2.71. The number of carbonyl (C=O) groups is 1. The molecule has 7 heteroatoms. The van der Waals surface area contributed by atoms with Gasteiger partial charge in [0.2, 0.25) is 5.79 Å². The van der Waals surface area contributed by atoms with E-state index in [-0.39, 0.29) is 12.5 Å². The average molecular weight is 1230 g/mol. The Morgan fingerprint density at radius 2 is 0.652 bits per heavy atom. The number of aldehydes is 1. The molecule has 2 aliphatic heterocycles. The summed E-state index contributed by atoms with van der Waals surface area (Å²) in [7, 11) is 0. The third kappa shape index (κ3) is 36.4. The highest BCUT2D eigenvalue weighted by Crippen LogP contribution is 2.47. The number of hydrogen-bond acceptors (Lipinski definition) is 7. The first kappa shape index (κ1) is 76.8. The van der Waals surface area contributed by atoms with Crippen LogP contribution in [0.2, 0.25) is 0 Å². The largest absolute Gasteiger partial charge is 0.368 e. The number of carbonyl (C=O) groups excluding carboxylic acids is 1. The Morgan fingerprint density at radius 3 is 0.955 bits per heavy atom. The van der Waals surface area contributed by atoms with Crippen LogP contribution in [0.1, 0.15) is 359 Å². The normalized spacial score (nSPS) is 20.0. The first-order valence-electron chi connectivity index (χ1n) is 38.4. The number of rotatable bonds is 59. The molecule has 0 aliphatic carbocycles. The molecule has 2 saturated heterocycles. The van der Waals surface area contributed by atoms with Crippen LogP contribution in [-0.4, -0.2) is 48.4 Å². The van der Waals surface area contributed by atoms with Gasteiger partial charge in [-0.3, -0.25) is 0 Å². The monoisotopic (exact) mass is 1230 g/mol. The highest BCUT2D eigenvalue weighted by atomic mass is 16.8. The van der Waals surface area contributed by atoms with Gasteiger partial charge in [-0.1, -0.05) is 400 Å². The molecule has 0 saturated carbocycles. The predicted molar refractivity (Wildman–Crippen MR) is 375 cm³/mol. The van der Waals surface area contributed by atoms with Crippen molar-refractivity contribution in [2.75, 3.05) is 0 Å². The van der Waals surface area contributed by atoms with Crippen LogP contribution in [0.4, 0.5) is 0 Å². The fourth-order valence-electron chi connectivity index (χ4n) is 14.3. The summed E-state index contributed by atoms with van der Waals surface area (Å²) >= 11 is 0. The molecule has 0 radical (unpaired) electrons. The van der Waals surface area contributed by atoms with Crippen LogP contribution in [0.5, 0.6) is 0 Å². The number of ether oxygens (including phenoxy) is 6. The Morgan fingerprint density at radius 1 is 0.371 bits per heavy atom. The van der Waals surface area contributed by atoms with Crippen molar-refractivity contribution in [2.45, 2.75) is 404 Å². The summed E-state index contributed by atoms with van der Waals surface area (Å²) in [6, 6.07) is 30.5. The molecule has 2 heterocycles. The van der Waals surface area contributed by atoms with Crippen LogP contribution in [0.15, 0.2) is 91.0 Å². The Hall–Kier alpha value is -2.91. The van der Waals surface area contributed by atoms with Crippen molar-refractivity contribution < 1.29 is 33.2 Å². The van der Waals surface area contributed by atoms with Crippen LogP contribution in [-0.2, 0) is 53.0 Å². The molecule has 2 aliphatic rings. The van der Waals surface area contributed by atoms with Crippen LogP contribution < -0.4 is 0 Å². The van der Waals surface area contributed by atoms with Crippen molar-refractivity contribution >= 4 is 6.29 Å². The van der Waals surface area contributed by atoms with E-state index in [0.717, 1.165) is 35.8 Å². The summed E-state index contributed by atoms with van der Waals surface area (Å²) in [6.45, 7) is 7.27. The summed E-state index contributed by atoms with van der Waals surface area (Å²) < 4.78 is 41.5. The first-order valence-corrected chi connectivity index (χ1v) is 38.4. The Labute approximate surface area is 548 Å². The standard InChI is InChI=1S/C82H136O7/c1-4-5-6-7-8-9-10-11-12-13-14-15-16-17-18-19-20-21-22-23-24-25-26-27-28-29-30-31-32-33-34-35-36-37-38-39-40-41-42-43-44-45-46-47-48-49-59-66-76-69-82(89-81(2,3)87-76)80(86-72-75-64-57-52-58-65-75)79(85-71-74-62-55-51-56-63-74)78(77(88-82)67-68-83)84-70-73-60-53-50-54-61-73/h50-58,60-65,68,76-80H,4-49,59,66-67,69-72H2,1-3H3/t76-,77-,78-,79+,80+,82-/m1/s1. The van der Waals surface area contributed by atoms with Crippen LogP contribution >= 0.6 is 0 Å². The second kappa shape index (κ2) is 51.5. The molecule has 0 N–H and O–H groups in total. The molecule has 3 aromatic carbocycles. The zero-order valence-corrected chi connectivity index (χ0v) is 58.0. The molecule has 0 aromatic heterocycles. The van der Waals surface area contributed by atoms with Crippen molar-refractivity contribution in [1.29, 1.82) is 0 Å². The minimum Gasteiger partial charge on any atom is -0.368 e. The van der Waals surface area contributed by atoms with Crippen molar-refractivity contribution in [2.24, 2.45) is 0 Å². The minimum absolute atomic E-state index is 0.123. The Kier molecular flexibility index (Phi) is 44.4. The van der Waals surface area contributed by atoms with Gasteiger partial charge < -0.3 is 33.2 Å². The molecule has 1 spiro atoms. The molecule has 6 atom stereocenters. The second-order valence-electron chi connectivity index (χ2n) is 28.1. The van der Waals surface area contributed by atoms with Crippen molar-refractivity contribution in [1.82, 2.24) is 0 Å². The molecule has 0 bridgehead atoms. The van der Waals surface area contributed by atoms with Gasteiger partial charge in [0.15, 0.2) is 5.79 Å². The predicted octanol–water partition coefficient (Wildman–Crippen LogP) is 24.7. The van der Waals surface area contributed by atoms with E-state index < -0.39 is 36.0 Å². The molecular weight excluding hydrogens is 1100 g/mol. The fraction of sp³-hybridized carbons (Fsp3) is 0.768. The molecule has 89 heavy (non-hydrogen) atoms. The van der Waals surface area contributed by atoms with Crippen LogP contribution in [0.3, 0.4) is 0 Å². The van der Waals surface area contributed by atoms with Gasteiger partial charge in [-0.25, -0.2) is 0 Å². The summed E-state index contributed by atoms with van der Waals surface area (Å²) in [5, 5.41) is 0. The van der Waals surface area contributed by atoms with Gasteiger partial charge in [0, 0.05) is 12.8 Å². The zero-order valence-electron chi connectivity index (χ0n) is 58.0. The molecule has 0 unspecified atom stereocenters. The summed E-state index contributed by atoms with van der Waals surface area (Å²) in [4.78, 5) is 12.4. The Bertz CT molecular complexity index is 2030. The van der Waals surface area contributed by atoms with Gasteiger partial charge in [-0.15, -0.1) is 0 Å². The van der Waals surface area contributed by atoms with Crippen molar-refractivity contribution in [3.63, 3.8) is 0 Å². The van der Waals surface area contributed by atoms with E-state index in [1.54, 1.807) is 0 Å². The molecule has 5 rings (SSSR count). The quantitative estimate of drug-likeness (QED) is 0.0412. The van der Waals surface area contributed by atoms with Gasteiger partial charge in [0.1, 0.15) is 24.6 Å². The van der Waals surface area contributed by atoms with E-state index in [2.05, 4.69) is 31.2 Å². The summed E-state index contributed by atoms with van der Waals surface area (Å²) in [5.74, 6) is -2.21. The second-order valence-corrected chi connectivity index (χ2v) is 28.1. The topological polar surface area (TPSA) is 72.5 Å². The molecule has 7 nitrogen and oxygen atoms in total. The maximum absolute atomic E-state index is 12.4. The van der Waals surface area contributed by atoms with E-state index in [9.17, 15) is 4.79 Å². The van der Waals surface area contributed by atoms with E-state index in [1.807, 2.05) is 80.6 Å². The third-order valence-corrected chi connectivity index (χ3v) is 19.5. The average Bonchev–Trinajstić information content (AvgIpc) is 0.840. The molecule has 506 valence electrons. The smallest absolute Gasteiger partial charge is 0.203 e. The number of benzene rings is 3. The third-order valence-electron chi connectivity index (χ3n) is 19.5. The SMILES string of the molecule is CCCCCCCCCCCCCCCCCCCCCCCCCCCCCCCCCCCCCCCCCCCCCCCCC[C@@H]1C[C@@]2(O[C@H](CC=O)[C@@H](OCc3ccccc3)[C@H](OCc3ccccc3)[C@@H]2OCc2ccccc2)OC(C)(C)O1. The number of unbranched alkanes of at least 4 members (excludes halogenated alkanes) is 46. The fourth-order valence-corrected chi connectivity index (χ4v) is 14.3. The molecule has 0 amide bonds. The van der Waals surface area contributed by atoms with Crippen LogP contribution in [0, 0.1) is 0 Å². The minimum atomic E-state index is -1.24. The maximum atomic E-state index is 12.4. The van der Waals surface area contributed by atoms with E-state index in [4.69, 9.17) is 28.4 Å². The number of hydrogen-bond donors (Lipinski definition) is 0. The summed E-state index contributed by atoms with van der Waals surface area (Å²) in [5.41, 5.74) is 3.11. The highest BCUT2D eigenvalue weighted by molar-refractivity contribution is 5.50. The lowest BCUT2D eigenvalue weighted by Gasteiger charge is -2.57. The Balaban J connectivity index is 0.807. The van der Waals surface area contributed by atoms with Gasteiger partial charge >= 0.3 is 0 Å². The van der Waals surface area contributed by atoms with E-state index in [0.29, 0.717) is 26.2 Å². The lowest BCUT2D eigenvalue weighted by molar-refractivity contribution is -0.460. The van der Waals surface area contributed by atoms with Gasteiger partial charge in [0.25, 0.3) is 0 Å². The zero-order chi connectivity index (χ0) is 62.7. The first-order chi connectivity index (χ1) is 43.9. The molecule has 2 fully saturated rings.